The molecule has 15 nitrogen and oxygen atoms in total. The molecule has 0 radical (unpaired) electrons. The molecule has 6 atom stereocenters. The lowest BCUT2D eigenvalue weighted by Gasteiger charge is -2.28. The summed E-state index contributed by atoms with van der Waals surface area (Å²) < 4.78 is 36.7. The van der Waals surface area contributed by atoms with E-state index in [0.29, 0.717) is 11.2 Å². The molecule has 3 heterocycles. The number of aliphatic hydroxyl groups is 2. The maximum absolute atomic E-state index is 13.7. The number of esters is 2. The number of carbonyl (C=O) groups is 2. The highest BCUT2D eigenvalue weighted by Crippen LogP contribution is 2.44. The molecule has 0 aromatic carbocycles. The normalized spacial score (nSPS) is 25.3. The topological polar surface area (TPSA) is 209 Å². The summed E-state index contributed by atoms with van der Waals surface area (Å²) in [6.07, 6.45) is -2.80. The predicted molar refractivity (Wildman–Crippen MR) is 134 cm³/mol. The van der Waals surface area contributed by atoms with Crippen molar-refractivity contribution in [2.75, 3.05) is 25.6 Å². The van der Waals surface area contributed by atoms with E-state index in [1.807, 2.05) is 0 Å². The van der Waals surface area contributed by atoms with Crippen molar-refractivity contribution in [1.82, 2.24) is 24.8 Å². The molecule has 0 saturated carbocycles. The molecule has 38 heavy (non-hydrogen) atoms. The van der Waals surface area contributed by atoms with Crippen LogP contribution in [0, 0.1) is 0 Å². The summed E-state index contributed by atoms with van der Waals surface area (Å²) in [5.41, 5.74) is 5.31. The number of ether oxygens (including phenoxy) is 3. The Kier molecular flexibility index (Phi) is 9.47. The average Bonchev–Trinajstić information content (AvgIpc) is 3.40. The van der Waals surface area contributed by atoms with Gasteiger partial charge in [-0.2, -0.15) is 5.10 Å². The van der Waals surface area contributed by atoms with Gasteiger partial charge >= 0.3 is 19.6 Å². The van der Waals surface area contributed by atoms with Crippen LogP contribution in [0.2, 0.25) is 0 Å². The van der Waals surface area contributed by atoms with Crippen LogP contribution in [-0.4, -0.2) is 87.0 Å². The minimum absolute atomic E-state index is 0.103. The van der Waals surface area contributed by atoms with E-state index in [1.165, 1.54) is 24.7 Å². The van der Waals surface area contributed by atoms with E-state index in [9.17, 15) is 24.4 Å². The smallest absolute Gasteiger partial charge is 0.342 e. The highest BCUT2D eigenvalue weighted by molar-refractivity contribution is 7.54. The predicted octanol–water partition coefficient (Wildman–Crippen LogP) is -0.146. The summed E-state index contributed by atoms with van der Waals surface area (Å²) in [5, 5.41) is 31.0. The van der Waals surface area contributed by atoms with Crippen LogP contribution in [0.25, 0.3) is 5.52 Å². The number of aliphatic hydroxyl groups excluding tert-OH is 2. The van der Waals surface area contributed by atoms with E-state index in [0.717, 1.165) is 0 Å². The Morgan fingerprint density at radius 1 is 1.18 bits per heavy atom. The molecular formula is C22H35N6O9P. The molecule has 3 rings (SSSR count). The number of rotatable bonds is 12. The Hall–Kier alpha value is -2.65. The van der Waals surface area contributed by atoms with Gasteiger partial charge in [0.15, 0.2) is 5.82 Å². The van der Waals surface area contributed by atoms with Crippen LogP contribution in [0.4, 0.5) is 5.82 Å². The fourth-order valence-electron chi connectivity index (χ4n) is 4.10. The van der Waals surface area contributed by atoms with Crippen LogP contribution in [0.1, 0.15) is 40.3 Å². The van der Waals surface area contributed by atoms with Crippen molar-refractivity contribution in [3.8, 4) is 0 Å². The zero-order valence-electron chi connectivity index (χ0n) is 21.9. The second-order valence-corrected chi connectivity index (χ2v) is 10.8. The lowest BCUT2D eigenvalue weighted by atomic mass is 9.93. The zero-order valence-corrected chi connectivity index (χ0v) is 22.8. The van der Waals surface area contributed by atoms with Gasteiger partial charge in [-0.25, -0.2) is 19.7 Å². The first-order chi connectivity index (χ1) is 17.9. The first-order valence-corrected chi connectivity index (χ1v) is 13.7. The Bertz CT molecular complexity index is 1170. The summed E-state index contributed by atoms with van der Waals surface area (Å²) in [4.78, 5) is 28.2. The number of aromatic nitrogens is 3. The standard InChI is InChI=1S/C22H35N6O9P/c1-6-34-20(31)12(3)26-38(33,27-13(4)21(32)35-7-2)36-10-15-17(29)18(30)22(5,37-15)16-9-8-14-19(23)24-11-25-28(14)16/h8-9,11-13,15,17-18,29-30H,6-7,10H2,1-5H3,(H2,23,24,25)(H2,26,27,33)/t12-,13-,15+,17+,18+,22-/m0/s1. The summed E-state index contributed by atoms with van der Waals surface area (Å²) >= 11 is 0. The lowest BCUT2D eigenvalue weighted by Crippen LogP contribution is -2.43. The van der Waals surface area contributed by atoms with E-state index < -0.39 is 62.2 Å². The first-order valence-electron chi connectivity index (χ1n) is 12.1. The third-order valence-corrected chi connectivity index (χ3v) is 8.05. The fourth-order valence-corrected chi connectivity index (χ4v) is 5.91. The van der Waals surface area contributed by atoms with Crippen LogP contribution >= 0.6 is 7.67 Å². The molecular weight excluding hydrogens is 523 g/mol. The SMILES string of the molecule is CCOC(=O)[C@H](C)NP(=O)(N[C@@H](C)C(=O)OCC)OC[C@H]1O[C@@](C)(c2ccc3c(N)ncnn23)[C@H](O)[C@@H]1O. The van der Waals surface area contributed by atoms with Crippen molar-refractivity contribution in [3.05, 3.63) is 24.2 Å². The van der Waals surface area contributed by atoms with Gasteiger partial charge in [-0.05, 0) is 46.8 Å². The quantitative estimate of drug-likeness (QED) is 0.170. The zero-order chi connectivity index (χ0) is 28.3. The van der Waals surface area contributed by atoms with Crippen LogP contribution in [-0.2, 0) is 38.5 Å². The van der Waals surface area contributed by atoms with Gasteiger partial charge < -0.3 is 34.7 Å². The number of anilines is 1. The summed E-state index contributed by atoms with van der Waals surface area (Å²) in [5.74, 6) is -1.17. The molecule has 212 valence electrons. The number of nitrogens with zero attached hydrogens (tertiary/aromatic N) is 3. The van der Waals surface area contributed by atoms with Crippen LogP contribution < -0.4 is 15.9 Å². The molecule has 2 aromatic rings. The van der Waals surface area contributed by atoms with E-state index in [-0.39, 0.29) is 19.0 Å². The van der Waals surface area contributed by atoms with Crippen molar-refractivity contribution in [2.24, 2.45) is 0 Å². The fraction of sp³-hybridized carbons (Fsp3) is 0.636. The maximum atomic E-state index is 13.7. The molecule has 0 unspecified atom stereocenters. The lowest BCUT2D eigenvalue weighted by molar-refractivity contribution is -0.145. The number of hydrogen-bond acceptors (Lipinski definition) is 12. The Labute approximate surface area is 219 Å². The van der Waals surface area contributed by atoms with Gasteiger partial charge in [0.2, 0.25) is 0 Å². The van der Waals surface area contributed by atoms with Crippen molar-refractivity contribution < 1.29 is 43.1 Å². The summed E-state index contributed by atoms with van der Waals surface area (Å²) in [7, 11) is -4.15. The highest BCUT2D eigenvalue weighted by atomic mass is 31.2. The second-order valence-electron chi connectivity index (χ2n) is 8.91. The van der Waals surface area contributed by atoms with Crippen LogP contribution in [0.5, 0.6) is 0 Å². The summed E-state index contributed by atoms with van der Waals surface area (Å²) in [6, 6.07) is 1.13. The number of nitrogens with one attached hydrogen (secondary N) is 2. The van der Waals surface area contributed by atoms with Gasteiger partial charge in [0.25, 0.3) is 0 Å². The minimum Gasteiger partial charge on any atom is -0.465 e. The Morgan fingerprint density at radius 2 is 1.76 bits per heavy atom. The number of nitrogens with two attached hydrogens (primary N) is 1. The second kappa shape index (κ2) is 12.0. The monoisotopic (exact) mass is 558 g/mol. The summed E-state index contributed by atoms with van der Waals surface area (Å²) in [6.45, 7) is 7.35. The van der Waals surface area contributed by atoms with Gasteiger partial charge in [-0.15, -0.1) is 0 Å². The minimum atomic E-state index is -4.15. The molecule has 0 bridgehead atoms. The Balaban J connectivity index is 1.81. The number of hydrogen-bond donors (Lipinski definition) is 5. The Morgan fingerprint density at radius 3 is 2.32 bits per heavy atom. The third-order valence-electron chi connectivity index (χ3n) is 6.08. The molecule has 1 aliphatic rings. The van der Waals surface area contributed by atoms with E-state index in [2.05, 4.69) is 20.3 Å². The van der Waals surface area contributed by atoms with E-state index in [4.69, 9.17) is 24.5 Å². The van der Waals surface area contributed by atoms with Gasteiger partial charge in [-0.1, -0.05) is 0 Å². The van der Waals surface area contributed by atoms with Gasteiger partial charge in [0.1, 0.15) is 47.8 Å². The molecule has 1 fully saturated rings. The third kappa shape index (κ3) is 6.15. The van der Waals surface area contributed by atoms with Gasteiger partial charge in [0, 0.05) is 0 Å². The molecule has 6 N–H and O–H groups in total. The molecule has 0 spiro atoms. The van der Waals surface area contributed by atoms with Crippen molar-refractivity contribution in [2.45, 2.75) is 70.6 Å². The highest BCUT2D eigenvalue weighted by Gasteiger charge is 2.54. The number of fused-ring (bicyclic) bond motifs is 1. The first kappa shape index (κ1) is 29.9. The molecule has 1 saturated heterocycles. The van der Waals surface area contributed by atoms with Gasteiger partial charge in [-0.3, -0.25) is 14.2 Å². The average molecular weight is 559 g/mol. The number of carbonyl (C=O) groups excluding carboxylic acids is 2. The van der Waals surface area contributed by atoms with E-state index in [1.54, 1.807) is 32.9 Å². The molecule has 0 amide bonds. The largest absolute Gasteiger partial charge is 0.465 e. The molecule has 1 aliphatic heterocycles. The van der Waals surface area contributed by atoms with Crippen molar-refractivity contribution >= 4 is 30.9 Å². The number of nitrogen functional groups attached to an aromatic ring is 1. The molecule has 2 aromatic heterocycles. The molecule has 0 aliphatic carbocycles. The van der Waals surface area contributed by atoms with Crippen molar-refractivity contribution in [3.63, 3.8) is 0 Å². The van der Waals surface area contributed by atoms with E-state index >= 15 is 0 Å². The van der Waals surface area contributed by atoms with Crippen molar-refractivity contribution in [1.29, 1.82) is 0 Å². The maximum Gasteiger partial charge on any atom is 0.342 e. The van der Waals surface area contributed by atoms with Gasteiger partial charge in [0.05, 0.1) is 25.5 Å². The van der Waals surface area contributed by atoms with Crippen LogP contribution in [0.15, 0.2) is 18.5 Å². The van der Waals surface area contributed by atoms with Crippen LogP contribution in [0.3, 0.4) is 0 Å². The molecule has 16 heteroatoms.